The van der Waals surface area contributed by atoms with E-state index in [9.17, 15) is 0 Å². The third-order valence-corrected chi connectivity index (χ3v) is 8.84. The molecular weight excluding hydrogens is 448 g/mol. The van der Waals surface area contributed by atoms with E-state index in [0.717, 1.165) is 21.7 Å². The number of hydrogen-bond acceptors (Lipinski definition) is 4. The van der Waals surface area contributed by atoms with E-state index in [1.54, 1.807) is 0 Å². The summed E-state index contributed by atoms with van der Waals surface area (Å²) in [6, 6.07) is 8.78. The van der Waals surface area contributed by atoms with Crippen LogP contribution in [0.3, 0.4) is 0 Å². The molecule has 2 aromatic rings. The summed E-state index contributed by atoms with van der Waals surface area (Å²) in [5.74, 6) is 2.76. The number of nitrogens with zero attached hydrogens (tertiary/aromatic N) is 4. The number of aromatic nitrogens is 3. The van der Waals surface area contributed by atoms with Crippen LogP contribution in [0.2, 0.25) is 0 Å². The van der Waals surface area contributed by atoms with Crippen LogP contribution < -0.4 is 4.90 Å². The molecule has 0 aliphatic heterocycles. The molecule has 2 saturated carbocycles. The smallest absolute Gasteiger partial charge is 0.196 e. The van der Waals surface area contributed by atoms with E-state index in [-0.39, 0.29) is 0 Å². The third-order valence-electron chi connectivity index (χ3n) is 6.93. The molecule has 4 rings (SSSR count). The highest BCUT2D eigenvalue weighted by Crippen LogP contribution is 2.44. The maximum Gasteiger partial charge on any atom is 0.196 e. The minimum Gasteiger partial charge on any atom is -0.378 e. The molecule has 2 fully saturated rings. The predicted molar refractivity (Wildman–Crippen MR) is 142 cm³/mol. The first-order valence-corrected chi connectivity index (χ1v) is 13.6. The summed E-state index contributed by atoms with van der Waals surface area (Å²) in [4.78, 5) is 2.14. The topological polar surface area (TPSA) is 34.0 Å². The van der Waals surface area contributed by atoms with Gasteiger partial charge in [-0.05, 0) is 74.8 Å². The maximum atomic E-state index is 6.28. The molecule has 6 heteroatoms. The van der Waals surface area contributed by atoms with Gasteiger partial charge < -0.3 is 4.90 Å². The number of halogens is 1. The average Bonchev–Trinajstić information content (AvgIpc) is 3.60. The largest absolute Gasteiger partial charge is 0.378 e. The predicted octanol–water partition coefficient (Wildman–Crippen LogP) is 7.59. The Hall–Kier alpha value is -1.72. The number of anilines is 1. The minimum absolute atomic E-state index is 0.400. The van der Waals surface area contributed by atoms with Crippen molar-refractivity contribution >= 4 is 29.1 Å². The van der Waals surface area contributed by atoms with E-state index in [1.807, 2.05) is 24.8 Å². The van der Waals surface area contributed by atoms with Gasteiger partial charge in [0.15, 0.2) is 5.16 Å². The number of hydrogen-bond donors (Lipinski definition) is 0. The van der Waals surface area contributed by atoms with Crippen molar-refractivity contribution < 1.29 is 0 Å². The van der Waals surface area contributed by atoms with Gasteiger partial charge in [0.1, 0.15) is 5.82 Å². The fraction of sp³-hybridized carbons (Fsp3) is 0.556. The van der Waals surface area contributed by atoms with Crippen LogP contribution in [-0.2, 0) is 0 Å². The highest BCUT2D eigenvalue weighted by atomic mass is 35.5. The SMILES string of the molecule is C/C=C(Cl)\C=C/C(C)C(Sc1nnc(C2CC2)n1-c1ccc(N(C)C)cc1)C1CCCCC1. The van der Waals surface area contributed by atoms with Crippen molar-refractivity contribution in [2.45, 2.75) is 75.1 Å². The summed E-state index contributed by atoms with van der Waals surface area (Å²) < 4.78 is 2.33. The summed E-state index contributed by atoms with van der Waals surface area (Å²) >= 11 is 8.21. The third kappa shape index (κ3) is 6.05. The zero-order chi connectivity index (χ0) is 23.4. The molecule has 1 aromatic carbocycles. The van der Waals surface area contributed by atoms with E-state index in [1.165, 1.54) is 50.6 Å². The summed E-state index contributed by atoms with van der Waals surface area (Å²) in [6.45, 7) is 4.31. The number of benzene rings is 1. The van der Waals surface area contributed by atoms with Crippen LogP contribution >= 0.6 is 23.4 Å². The van der Waals surface area contributed by atoms with Crippen LogP contribution in [0.15, 0.2) is 52.7 Å². The van der Waals surface area contributed by atoms with E-state index < -0.39 is 0 Å². The van der Waals surface area contributed by atoms with Gasteiger partial charge in [-0.3, -0.25) is 4.57 Å². The molecule has 1 aromatic heterocycles. The second-order valence-electron chi connectivity index (χ2n) is 9.73. The lowest BCUT2D eigenvalue weighted by Gasteiger charge is -2.32. The van der Waals surface area contributed by atoms with E-state index in [4.69, 9.17) is 21.8 Å². The second-order valence-corrected chi connectivity index (χ2v) is 11.3. The van der Waals surface area contributed by atoms with Crippen molar-refractivity contribution in [3.63, 3.8) is 0 Å². The molecule has 178 valence electrons. The molecule has 0 radical (unpaired) electrons. The molecule has 0 spiro atoms. The first-order chi connectivity index (χ1) is 16.0. The van der Waals surface area contributed by atoms with Crippen LogP contribution in [-0.4, -0.2) is 34.1 Å². The lowest BCUT2D eigenvalue weighted by Crippen LogP contribution is -2.26. The van der Waals surface area contributed by atoms with Crippen molar-refractivity contribution in [1.82, 2.24) is 14.8 Å². The molecule has 2 aliphatic rings. The fourth-order valence-corrected chi connectivity index (χ4v) is 6.25. The van der Waals surface area contributed by atoms with Gasteiger partial charge in [0.2, 0.25) is 0 Å². The van der Waals surface area contributed by atoms with E-state index in [0.29, 0.717) is 23.0 Å². The molecule has 33 heavy (non-hydrogen) atoms. The summed E-state index contributed by atoms with van der Waals surface area (Å²) in [6.07, 6.45) is 15.3. The van der Waals surface area contributed by atoms with Crippen LogP contribution in [0.4, 0.5) is 5.69 Å². The maximum absolute atomic E-state index is 6.28. The van der Waals surface area contributed by atoms with Crippen LogP contribution in [0.1, 0.15) is 70.5 Å². The van der Waals surface area contributed by atoms with Crippen molar-refractivity contribution in [1.29, 1.82) is 0 Å². The van der Waals surface area contributed by atoms with Crippen LogP contribution in [0.5, 0.6) is 0 Å². The lowest BCUT2D eigenvalue weighted by molar-refractivity contribution is 0.325. The molecular formula is C27H37ClN4S. The zero-order valence-corrected chi connectivity index (χ0v) is 21.9. The molecule has 0 saturated heterocycles. The average molecular weight is 485 g/mol. The number of allylic oxidation sites excluding steroid dienone is 4. The molecule has 4 nitrogen and oxygen atoms in total. The summed E-state index contributed by atoms with van der Waals surface area (Å²) in [5.41, 5.74) is 2.37. The molecule has 0 bridgehead atoms. The van der Waals surface area contributed by atoms with Gasteiger partial charge in [-0.25, -0.2) is 0 Å². The zero-order valence-electron chi connectivity index (χ0n) is 20.4. The summed E-state index contributed by atoms with van der Waals surface area (Å²) in [7, 11) is 4.16. The van der Waals surface area contributed by atoms with E-state index in [2.05, 4.69) is 66.9 Å². The highest BCUT2D eigenvalue weighted by Gasteiger charge is 2.34. The van der Waals surface area contributed by atoms with E-state index >= 15 is 0 Å². The Balaban J connectivity index is 1.66. The quantitative estimate of drug-likeness (QED) is 0.271. The van der Waals surface area contributed by atoms with Crippen molar-refractivity contribution in [3.05, 3.63) is 53.4 Å². The Morgan fingerprint density at radius 2 is 1.79 bits per heavy atom. The van der Waals surface area contributed by atoms with Crippen LogP contribution in [0.25, 0.3) is 5.69 Å². The Morgan fingerprint density at radius 1 is 1.09 bits per heavy atom. The van der Waals surface area contributed by atoms with Crippen molar-refractivity contribution in [3.8, 4) is 5.69 Å². The normalized spacial score (nSPS) is 19.7. The van der Waals surface area contributed by atoms with Gasteiger partial charge >= 0.3 is 0 Å². The second kappa shape index (κ2) is 11.1. The molecule has 2 atom stereocenters. The molecule has 0 N–H and O–H groups in total. The number of thioether (sulfide) groups is 1. The standard InChI is InChI=1S/C27H37ClN4S/c1-5-22(28)14-11-19(2)25(20-9-7-6-8-10-20)33-27-30-29-26(21-12-13-21)32(27)24-17-15-23(16-18-24)31(3)4/h5,11,14-21,25H,6-10,12-13H2,1-4H3/b14-11-,22-5+. The number of rotatable bonds is 9. The molecule has 0 amide bonds. The molecule has 2 unspecified atom stereocenters. The first kappa shape index (κ1) is 24.4. The van der Waals surface area contributed by atoms with Gasteiger partial charge in [0.05, 0.1) is 0 Å². The van der Waals surface area contributed by atoms with Crippen molar-refractivity contribution in [2.75, 3.05) is 19.0 Å². The fourth-order valence-electron chi connectivity index (χ4n) is 4.77. The Bertz CT molecular complexity index is 969. The highest BCUT2D eigenvalue weighted by molar-refractivity contribution is 7.99. The molecule has 1 heterocycles. The van der Waals surface area contributed by atoms with Gasteiger partial charge in [0, 0.05) is 41.7 Å². The first-order valence-electron chi connectivity index (χ1n) is 12.4. The Labute approximate surface area is 208 Å². The Kier molecular flexibility index (Phi) is 8.24. The van der Waals surface area contributed by atoms with Gasteiger partial charge in [0.25, 0.3) is 0 Å². The Morgan fingerprint density at radius 3 is 2.39 bits per heavy atom. The van der Waals surface area contributed by atoms with Crippen LogP contribution in [0, 0.1) is 11.8 Å². The summed E-state index contributed by atoms with van der Waals surface area (Å²) in [5, 5.41) is 11.7. The van der Waals surface area contributed by atoms with Crippen molar-refractivity contribution in [2.24, 2.45) is 11.8 Å². The molecule has 2 aliphatic carbocycles. The monoisotopic (exact) mass is 484 g/mol. The lowest BCUT2D eigenvalue weighted by atomic mass is 9.82. The van der Waals surface area contributed by atoms with Gasteiger partial charge in [-0.2, -0.15) is 0 Å². The minimum atomic E-state index is 0.400. The van der Waals surface area contributed by atoms with Gasteiger partial charge in [-0.1, -0.05) is 61.7 Å². The van der Waals surface area contributed by atoms with Gasteiger partial charge in [-0.15, -0.1) is 10.2 Å².